The van der Waals surface area contributed by atoms with Gasteiger partial charge >= 0.3 is 0 Å². The standard InChI is InChI=1S/C12H12N4OS2/c1-2-4-7-9(11-15-16-12(13)19-11)18-10(14-7)8-5-3-6-17-8/h3,5-6H,2,4H2,1H3,(H2,13,16). The predicted octanol–water partition coefficient (Wildman–Crippen LogP) is 3.46. The van der Waals surface area contributed by atoms with Gasteiger partial charge < -0.3 is 10.2 Å². The van der Waals surface area contributed by atoms with Crippen molar-refractivity contribution in [3.05, 3.63) is 24.1 Å². The summed E-state index contributed by atoms with van der Waals surface area (Å²) < 4.78 is 5.40. The number of nitrogens with two attached hydrogens (primary N) is 1. The molecule has 0 fully saturated rings. The monoisotopic (exact) mass is 292 g/mol. The average Bonchev–Trinajstić information content (AvgIpc) is 3.08. The number of rotatable bonds is 4. The van der Waals surface area contributed by atoms with Crippen LogP contribution in [0.4, 0.5) is 5.13 Å². The molecule has 3 aromatic rings. The van der Waals surface area contributed by atoms with Crippen LogP contribution in [0.3, 0.4) is 0 Å². The first-order chi connectivity index (χ1) is 9.28. The Kier molecular flexibility index (Phi) is 3.31. The average molecular weight is 292 g/mol. The second-order valence-electron chi connectivity index (χ2n) is 3.97. The number of aryl methyl sites for hydroxylation is 1. The third-order valence-electron chi connectivity index (χ3n) is 2.55. The third kappa shape index (κ3) is 2.39. The van der Waals surface area contributed by atoms with E-state index < -0.39 is 0 Å². The van der Waals surface area contributed by atoms with Crippen molar-refractivity contribution in [2.75, 3.05) is 5.73 Å². The largest absolute Gasteiger partial charge is 0.462 e. The second kappa shape index (κ2) is 5.10. The summed E-state index contributed by atoms with van der Waals surface area (Å²) in [4.78, 5) is 5.69. The number of aromatic nitrogens is 3. The molecule has 0 radical (unpaired) electrons. The summed E-state index contributed by atoms with van der Waals surface area (Å²) in [7, 11) is 0. The van der Waals surface area contributed by atoms with Gasteiger partial charge in [0.05, 0.1) is 16.8 Å². The van der Waals surface area contributed by atoms with E-state index in [0.29, 0.717) is 5.13 Å². The number of nitrogen functional groups attached to an aromatic ring is 1. The Bertz CT molecular complexity index is 672. The fourth-order valence-corrected chi connectivity index (χ4v) is 3.54. The topological polar surface area (TPSA) is 77.8 Å². The number of hydrogen-bond acceptors (Lipinski definition) is 7. The molecule has 0 saturated carbocycles. The summed E-state index contributed by atoms with van der Waals surface area (Å²) in [5.74, 6) is 0.783. The Balaban J connectivity index is 2.07. The van der Waals surface area contributed by atoms with E-state index >= 15 is 0 Å². The van der Waals surface area contributed by atoms with E-state index in [-0.39, 0.29) is 0 Å². The van der Waals surface area contributed by atoms with Gasteiger partial charge in [0, 0.05) is 0 Å². The lowest BCUT2D eigenvalue weighted by Gasteiger charge is -1.94. The maximum absolute atomic E-state index is 5.65. The van der Waals surface area contributed by atoms with Crippen LogP contribution < -0.4 is 5.73 Å². The Hall–Kier alpha value is -1.73. The van der Waals surface area contributed by atoms with Crippen molar-refractivity contribution >= 4 is 27.8 Å². The molecule has 2 N–H and O–H groups in total. The second-order valence-corrected chi connectivity index (χ2v) is 5.98. The minimum atomic E-state index is 0.477. The van der Waals surface area contributed by atoms with E-state index in [9.17, 15) is 0 Å². The molecule has 0 aliphatic rings. The molecule has 0 atom stereocenters. The summed E-state index contributed by atoms with van der Waals surface area (Å²) >= 11 is 2.96. The van der Waals surface area contributed by atoms with Crippen molar-refractivity contribution in [3.8, 4) is 20.7 Å². The minimum Gasteiger partial charge on any atom is -0.462 e. The molecule has 0 bridgehead atoms. The van der Waals surface area contributed by atoms with Crippen LogP contribution in [0.1, 0.15) is 19.0 Å². The van der Waals surface area contributed by atoms with Gasteiger partial charge in [0.25, 0.3) is 0 Å². The lowest BCUT2D eigenvalue weighted by atomic mass is 10.2. The molecule has 7 heteroatoms. The van der Waals surface area contributed by atoms with Gasteiger partial charge in [-0.2, -0.15) is 0 Å². The molecule has 0 aliphatic carbocycles. The number of anilines is 1. The summed E-state index contributed by atoms with van der Waals surface area (Å²) in [6.07, 6.45) is 3.59. The molecule has 0 aliphatic heterocycles. The first-order valence-electron chi connectivity index (χ1n) is 5.91. The van der Waals surface area contributed by atoms with Gasteiger partial charge in [-0.25, -0.2) is 4.98 Å². The Morgan fingerprint density at radius 1 is 1.26 bits per heavy atom. The SMILES string of the molecule is CCCc1nc(-c2ccco2)sc1-c1nnc(N)s1. The predicted molar refractivity (Wildman–Crippen MR) is 77.1 cm³/mol. The Morgan fingerprint density at radius 2 is 2.16 bits per heavy atom. The van der Waals surface area contributed by atoms with E-state index in [1.54, 1.807) is 17.6 Å². The number of furan rings is 1. The van der Waals surface area contributed by atoms with Crippen molar-refractivity contribution < 1.29 is 4.42 Å². The van der Waals surface area contributed by atoms with E-state index in [0.717, 1.165) is 39.2 Å². The van der Waals surface area contributed by atoms with E-state index in [1.807, 2.05) is 12.1 Å². The highest BCUT2D eigenvalue weighted by Crippen LogP contribution is 2.37. The van der Waals surface area contributed by atoms with E-state index in [4.69, 9.17) is 10.2 Å². The number of hydrogen-bond donors (Lipinski definition) is 1. The lowest BCUT2D eigenvalue weighted by Crippen LogP contribution is -1.86. The van der Waals surface area contributed by atoms with E-state index in [1.165, 1.54) is 11.3 Å². The normalized spacial score (nSPS) is 11.0. The lowest BCUT2D eigenvalue weighted by molar-refractivity contribution is 0.581. The zero-order valence-electron chi connectivity index (χ0n) is 10.3. The highest BCUT2D eigenvalue weighted by Gasteiger charge is 2.18. The van der Waals surface area contributed by atoms with Crippen molar-refractivity contribution in [2.24, 2.45) is 0 Å². The third-order valence-corrected chi connectivity index (χ3v) is 4.57. The van der Waals surface area contributed by atoms with Gasteiger partial charge in [-0.15, -0.1) is 21.5 Å². The number of nitrogens with zero attached hydrogens (tertiary/aromatic N) is 3. The zero-order valence-corrected chi connectivity index (χ0v) is 11.9. The fourth-order valence-electron chi connectivity index (χ4n) is 1.76. The molecule has 0 aromatic carbocycles. The van der Waals surface area contributed by atoms with Crippen molar-refractivity contribution in [2.45, 2.75) is 19.8 Å². The summed E-state index contributed by atoms with van der Waals surface area (Å²) in [6, 6.07) is 3.77. The first kappa shape index (κ1) is 12.3. The Labute approximate surface area is 118 Å². The van der Waals surface area contributed by atoms with Gasteiger partial charge in [-0.05, 0) is 18.6 Å². The highest BCUT2D eigenvalue weighted by atomic mass is 32.1. The van der Waals surface area contributed by atoms with Gasteiger partial charge in [0.15, 0.2) is 15.8 Å². The van der Waals surface area contributed by atoms with Crippen LogP contribution in [0.15, 0.2) is 22.8 Å². The van der Waals surface area contributed by atoms with Crippen molar-refractivity contribution in [1.82, 2.24) is 15.2 Å². The smallest absolute Gasteiger partial charge is 0.203 e. The quantitative estimate of drug-likeness (QED) is 0.796. The highest BCUT2D eigenvalue weighted by molar-refractivity contribution is 7.24. The summed E-state index contributed by atoms with van der Waals surface area (Å²) in [5, 5.41) is 10.2. The maximum Gasteiger partial charge on any atom is 0.203 e. The van der Waals surface area contributed by atoms with Gasteiger partial charge in [-0.1, -0.05) is 24.7 Å². The zero-order chi connectivity index (χ0) is 13.2. The molecule has 19 heavy (non-hydrogen) atoms. The van der Waals surface area contributed by atoms with Gasteiger partial charge in [0.2, 0.25) is 5.13 Å². The number of thiazole rings is 1. The molecule has 0 amide bonds. The summed E-state index contributed by atoms with van der Waals surface area (Å²) in [5.41, 5.74) is 6.69. The molecule has 0 saturated heterocycles. The molecule has 0 unspecified atom stereocenters. The van der Waals surface area contributed by atoms with Crippen molar-refractivity contribution in [1.29, 1.82) is 0 Å². The van der Waals surface area contributed by atoms with E-state index in [2.05, 4.69) is 22.1 Å². The Morgan fingerprint density at radius 3 is 2.79 bits per heavy atom. The van der Waals surface area contributed by atoms with Crippen LogP contribution in [-0.4, -0.2) is 15.2 Å². The maximum atomic E-state index is 5.65. The molecule has 5 nitrogen and oxygen atoms in total. The molecule has 3 rings (SSSR count). The van der Waals surface area contributed by atoms with Crippen LogP contribution in [0.2, 0.25) is 0 Å². The minimum absolute atomic E-state index is 0.477. The molecular formula is C12H12N4OS2. The van der Waals surface area contributed by atoms with Crippen LogP contribution in [0.25, 0.3) is 20.7 Å². The molecule has 0 spiro atoms. The molecular weight excluding hydrogens is 280 g/mol. The van der Waals surface area contributed by atoms with Crippen LogP contribution in [0.5, 0.6) is 0 Å². The molecule has 98 valence electrons. The summed E-state index contributed by atoms with van der Waals surface area (Å²) in [6.45, 7) is 2.13. The first-order valence-corrected chi connectivity index (χ1v) is 7.54. The fraction of sp³-hybridized carbons (Fsp3) is 0.250. The van der Waals surface area contributed by atoms with Crippen LogP contribution in [0, 0.1) is 0 Å². The molecule has 3 aromatic heterocycles. The molecule has 3 heterocycles. The van der Waals surface area contributed by atoms with Gasteiger partial charge in [0.1, 0.15) is 0 Å². The van der Waals surface area contributed by atoms with Gasteiger partial charge in [-0.3, -0.25) is 0 Å². The van der Waals surface area contributed by atoms with Crippen molar-refractivity contribution in [3.63, 3.8) is 0 Å². The van der Waals surface area contributed by atoms with Crippen LogP contribution >= 0.6 is 22.7 Å². The van der Waals surface area contributed by atoms with Crippen LogP contribution in [-0.2, 0) is 6.42 Å².